The Balaban J connectivity index is 3.05. The normalized spacial score (nSPS) is 10.7. The summed E-state index contributed by atoms with van der Waals surface area (Å²) >= 11 is 6.65. The SMILES string of the molecule is O/N=C\c1ccc(Br)c(Br)c1. The van der Waals surface area contributed by atoms with E-state index in [0.29, 0.717) is 0 Å². The second-order valence-corrected chi connectivity index (χ2v) is 3.63. The van der Waals surface area contributed by atoms with Crippen molar-refractivity contribution in [3.8, 4) is 0 Å². The van der Waals surface area contributed by atoms with Crippen LogP contribution < -0.4 is 0 Å². The van der Waals surface area contributed by atoms with E-state index in [9.17, 15) is 0 Å². The Morgan fingerprint density at radius 2 is 2.00 bits per heavy atom. The van der Waals surface area contributed by atoms with Gasteiger partial charge in [0.2, 0.25) is 0 Å². The summed E-state index contributed by atoms with van der Waals surface area (Å²) in [5.41, 5.74) is 0.850. The van der Waals surface area contributed by atoms with Crippen molar-refractivity contribution >= 4 is 38.1 Å². The maximum atomic E-state index is 8.22. The molecule has 0 aliphatic carbocycles. The van der Waals surface area contributed by atoms with Crippen molar-refractivity contribution in [2.45, 2.75) is 0 Å². The van der Waals surface area contributed by atoms with Gasteiger partial charge in [-0.25, -0.2) is 0 Å². The van der Waals surface area contributed by atoms with Gasteiger partial charge < -0.3 is 5.21 Å². The fraction of sp³-hybridized carbons (Fsp3) is 0. The van der Waals surface area contributed by atoms with Gasteiger partial charge in [0.15, 0.2) is 0 Å². The Hall–Kier alpha value is -0.350. The fourth-order valence-electron chi connectivity index (χ4n) is 0.659. The van der Waals surface area contributed by atoms with Gasteiger partial charge in [-0.05, 0) is 49.6 Å². The zero-order chi connectivity index (χ0) is 8.27. The Labute approximate surface area is 81.2 Å². The highest BCUT2D eigenvalue weighted by molar-refractivity contribution is 9.13. The second kappa shape index (κ2) is 3.88. The van der Waals surface area contributed by atoms with E-state index in [1.165, 1.54) is 6.21 Å². The molecular weight excluding hydrogens is 274 g/mol. The molecule has 4 heteroatoms. The van der Waals surface area contributed by atoms with E-state index in [4.69, 9.17) is 5.21 Å². The van der Waals surface area contributed by atoms with Gasteiger partial charge in [-0.1, -0.05) is 11.2 Å². The molecule has 0 unspecified atom stereocenters. The van der Waals surface area contributed by atoms with Crippen molar-refractivity contribution in [2.75, 3.05) is 0 Å². The summed E-state index contributed by atoms with van der Waals surface area (Å²) in [6, 6.07) is 5.57. The van der Waals surface area contributed by atoms with Gasteiger partial charge >= 0.3 is 0 Å². The van der Waals surface area contributed by atoms with Crippen LogP contribution in [0, 0.1) is 0 Å². The van der Waals surface area contributed by atoms with Crippen molar-refractivity contribution < 1.29 is 5.21 Å². The van der Waals surface area contributed by atoms with Crippen molar-refractivity contribution in [2.24, 2.45) is 5.16 Å². The highest BCUT2D eigenvalue weighted by Crippen LogP contribution is 2.22. The van der Waals surface area contributed by atoms with E-state index >= 15 is 0 Å². The predicted molar refractivity (Wildman–Crippen MR) is 51.2 cm³/mol. The molecule has 1 aromatic carbocycles. The summed E-state index contributed by atoms with van der Waals surface area (Å²) in [6.07, 6.45) is 1.37. The second-order valence-electron chi connectivity index (χ2n) is 1.92. The lowest BCUT2D eigenvalue weighted by Gasteiger charge is -1.95. The van der Waals surface area contributed by atoms with E-state index in [2.05, 4.69) is 37.0 Å². The lowest BCUT2D eigenvalue weighted by atomic mass is 10.2. The number of oxime groups is 1. The Morgan fingerprint density at radius 1 is 1.27 bits per heavy atom. The molecule has 0 aromatic heterocycles. The molecule has 11 heavy (non-hydrogen) atoms. The summed E-state index contributed by atoms with van der Waals surface area (Å²) in [4.78, 5) is 0. The molecular formula is C7H5Br2NO. The van der Waals surface area contributed by atoms with Crippen LogP contribution in [0.2, 0.25) is 0 Å². The molecule has 1 aromatic rings. The van der Waals surface area contributed by atoms with Gasteiger partial charge in [-0.15, -0.1) is 0 Å². The number of hydrogen-bond donors (Lipinski definition) is 1. The first kappa shape index (κ1) is 8.74. The number of hydrogen-bond acceptors (Lipinski definition) is 2. The molecule has 0 heterocycles. The molecule has 1 rings (SSSR count). The van der Waals surface area contributed by atoms with Crippen LogP contribution in [-0.4, -0.2) is 11.4 Å². The maximum Gasteiger partial charge on any atom is 0.0734 e. The van der Waals surface area contributed by atoms with E-state index in [0.717, 1.165) is 14.5 Å². The highest BCUT2D eigenvalue weighted by atomic mass is 79.9. The van der Waals surface area contributed by atoms with Crippen molar-refractivity contribution in [3.05, 3.63) is 32.7 Å². The molecule has 0 aliphatic rings. The van der Waals surface area contributed by atoms with E-state index in [1.54, 1.807) is 0 Å². The fourth-order valence-corrected chi connectivity index (χ4v) is 1.30. The molecule has 0 fully saturated rings. The molecule has 0 spiro atoms. The Bertz CT molecular complexity index is 286. The topological polar surface area (TPSA) is 32.6 Å². The van der Waals surface area contributed by atoms with Crippen LogP contribution in [0.4, 0.5) is 0 Å². The van der Waals surface area contributed by atoms with Crippen molar-refractivity contribution in [1.82, 2.24) is 0 Å². The smallest absolute Gasteiger partial charge is 0.0734 e. The largest absolute Gasteiger partial charge is 0.411 e. The lowest BCUT2D eigenvalue weighted by Crippen LogP contribution is -1.80. The van der Waals surface area contributed by atoms with Gasteiger partial charge in [0.25, 0.3) is 0 Å². The van der Waals surface area contributed by atoms with Crippen LogP contribution >= 0.6 is 31.9 Å². The average Bonchev–Trinajstić information content (AvgIpc) is 1.98. The molecule has 0 bridgehead atoms. The van der Waals surface area contributed by atoms with E-state index < -0.39 is 0 Å². The van der Waals surface area contributed by atoms with Crippen LogP contribution in [0.1, 0.15) is 5.56 Å². The zero-order valence-corrected chi connectivity index (χ0v) is 8.63. The number of benzene rings is 1. The van der Waals surface area contributed by atoms with E-state index in [1.807, 2.05) is 18.2 Å². The zero-order valence-electron chi connectivity index (χ0n) is 5.46. The summed E-state index contributed by atoms with van der Waals surface area (Å²) in [6.45, 7) is 0. The van der Waals surface area contributed by atoms with Crippen molar-refractivity contribution in [1.29, 1.82) is 0 Å². The third-order valence-electron chi connectivity index (χ3n) is 1.15. The predicted octanol–water partition coefficient (Wildman–Crippen LogP) is 3.02. The average molecular weight is 279 g/mol. The third-order valence-corrected chi connectivity index (χ3v) is 3.03. The summed E-state index contributed by atoms with van der Waals surface area (Å²) in [5, 5.41) is 11.1. The summed E-state index contributed by atoms with van der Waals surface area (Å²) in [7, 11) is 0. The summed E-state index contributed by atoms with van der Waals surface area (Å²) < 4.78 is 1.92. The Kier molecular flexibility index (Phi) is 3.08. The van der Waals surface area contributed by atoms with Crippen LogP contribution in [-0.2, 0) is 0 Å². The minimum Gasteiger partial charge on any atom is -0.411 e. The van der Waals surface area contributed by atoms with Crippen LogP contribution in [0.3, 0.4) is 0 Å². The Morgan fingerprint density at radius 3 is 2.55 bits per heavy atom. The van der Waals surface area contributed by atoms with Crippen LogP contribution in [0.25, 0.3) is 0 Å². The minimum absolute atomic E-state index is 0.850. The van der Waals surface area contributed by atoms with Crippen molar-refractivity contribution in [3.63, 3.8) is 0 Å². The van der Waals surface area contributed by atoms with Gasteiger partial charge in [0.1, 0.15) is 0 Å². The molecule has 2 nitrogen and oxygen atoms in total. The number of nitrogens with zero attached hydrogens (tertiary/aromatic N) is 1. The monoisotopic (exact) mass is 277 g/mol. The molecule has 0 saturated carbocycles. The number of halogens is 2. The van der Waals surface area contributed by atoms with Crippen LogP contribution in [0.15, 0.2) is 32.3 Å². The maximum absolute atomic E-state index is 8.22. The molecule has 0 radical (unpaired) electrons. The number of rotatable bonds is 1. The molecule has 0 saturated heterocycles. The first-order valence-electron chi connectivity index (χ1n) is 2.86. The highest BCUT2D eigenvalue weighted by Gasteiger charge is 1.95. The molecule has 0 aliphatic heterocycles. The van der Waals surface area contributed by atoms with E-state index in [-0.39, 0.29) is 0 Å². The lowest BCUT2D eigenvalue weighted by molar-refractivity contribution is 0.322. The quantitative estimate of drug-likeness (QED) is 0.478. The van der Waals surface area contributed by atoms with Crippen LogP contribution in [0.5, 0.6) is 0 Å². The minimum atomic E-state index is 0.850. The van der Waals surface area contributed by atoms with Gasteiger partial charge in [0.05, 0.1) is 6.21 Å². The standard InChI is InChI=1S/C7H5Br2NO/c8-6-2-1-5(4-10-11)3-7(6)9/h1-4,11H/b10-4-. The van der Waals surface area contributed by atoms with Gasteiger partial charge in [-0.2, -0.15) is 0 Å². The van der Waals surface area contributed by atoms with Gasteiger partial charge in [0, 0.05) is 8.95 Å². The molecule has 58 valence electrons. The molecule has 0 amide bonds. The summed E-state index contributed by atoms with van der Waals surface area (Å²) in [5.74, 6) is 0. The first-order valence-corrected chi connectivity index (χ1v) is 4.45. The molecule has 1 N–H and O–H groups in total. The first-order chi connectivity index (χ1) is 5.24. The van der Waals surface area contributed by atoms with Gasteiger partial charge in [-0.3, -0.25) is 0 Å². The third kappa shape index (κ3) is 2.31. The molecule has 0 atom stereocenters.